The largest absolute Gasteiger partial charge is 0.462 e. The Hall–Kier alpha value is -3.12. The summed E-state index contributed by atoms with van der Waals surface area (Å²) in [4.78, 5) is 36.9. The predicted molar refractivity (Wildman–Crippen MR) is 105 cm³/mol. The van der Waals surface area contributed by atoms with Gasteiger partial charge in [-0.2, -0.15) is 0 Å². The number of hydrogen-bond donors (Lipinski definition) is 1. The molecule has 0 saturated carbocycles. The summed E-state index contributed by atoms with van der Waals surface area (Å²) in [6.07, 6.45) is 1.49. The molecule has 1 aromatic heterocycles. The van der Waals surface area contributed by atoms with E-state index in [9.17, 15) is 14.4 Å². The zero-order valence-electron chi connectivity index (χ0n) is 14.8. The van der Waals surface area contributed by atoms with E-state index in [2.05, 4.69) is 5.32 Å². The number of esters is 1. The number of aryl methyl sites for hydroxylation is 1. The Labute approximate surface area is 160 Å². The van der Waals surface area contributed by atoms with Crippen LogP contribution in [-0.4, -0.2) is 23.1 Å². The normalized spacial score (nSPS) is 10.6. The minimum absolute atomic E-state index is 0.00161. The monoisotopic (exact) mass is 384 g/mol. The van der Waals surface area contributed by atoms with E-state index >= 15 is 0 Å². The van der Waals surface area contributed by atoms with Crippen LogP contribution < -0.4 is 10.7 Å². The maximum Gasteiger partial charge on any atom is 0.338 e. The molecule has 0 aliphatic carbocycles. The smallest absolute Gasteiger partial charge is 0.338 e. The number of rotatable bonds is 4. The topological polar surface area (TPSA) is 77.4 Å². The minimum atomic E-state index is -0.540. The number of nitrogens with zero attached hydrogens (tertiary/aromatic N) is 1. The first-order valence-electron chi connectivity index (χ1n) is 8.28. The first-order chi connectivity index (χ1) is 12.9. The van der Waals surface area contributed by atoms with E-state index in [4.69, 9.17) is 16.3 Å². The fourth-order valence-corrected chi connectivity index (χ4v) is 2.90. The number of ether oxygens (including phenoxy) is 1. The molecule has 2 aromatic carbocycles. The molecule has 7 heteroatoms. The van der Waals surface area contributed by atoms with Gasteiger partial charge in [-0.25, -0.2) is 4.79 Å². The van der Waals surface area contributed by atoms with Crippen LogP contribution in [0.25, 0.3) is 10.9 Å². The summed E-state index contributed by atoms with van der Waals surface area (Å²) in [7, 11) is 1.75. The number of pyridine rings is 1. The van der Waals surface area contributed by atoms with Gasteiger partial charge in [-0.05, 0) is 49.4 Å². The van der Waals surface area contributed by atoms with Crippen molar-refractivity contribution in [3.8, 4) is 0 Å². The van der Waals surface area contributed by atoms with Gasteiger partial charge in [0.25, 0.3) is 5.91 Å². The van der Waals surface area contributed by atoms with Gasteiger partial charge in [0.1, 0.15) is 5.56 Å². The fraction of sp³-hybridized carbons (Fsp3) is 0.150. The van der Waals surface area contributed by atoms with E-state index in [1.165, 1.54) is 6.20 Å². The molecule has 6 nitrogen and oxygen atoms in total. The van der Waals surface area contributed by atoms with Gasteiger partial charge in [0, 0.05) is 29.3 Å². The first kappa shape index (κ1) is 18.7. The maximum absolute atomic E-state index is 12.7. The minimum Gasteiger partial charge on any atom is -0.462 e. The summed E-state index contributed by atoms with van der Waals surface area (Å²) in [5.41, 5.74) is 1.13. The quantitative estimate of drug-likeness (QED) is 0.697. The summed E-state index contributed by atoms with van der Waals surface area (Å²) >= 11 is 5.98. The summed E-state index contributed by atoms with van der Waals surface area (Å²) < 4.78 is 6.62. The Bertz CT molecular complexity index is 1090. The van der Waals surface area contributed by atoms with Crippen LogP contribution in [0.1, 0.15) is 27.6 Å². The van der Waals surface area contributed by atoms with Crippen LogP contribution >= 0.6 is 11.6 Å². The van der Waals surface area contributed by atoms with E-state index in [0.717, 1.165) is 0 Å². The van der Waals surface area contributed by atoms with Crippen molar-refractivity contribution in [3.63, 3.8) is 0 Å². The molecule has 1 N–H and O–H groups in total. The fourth-order valence-electron chi connectivity index (χ4n) is 2.73. The van der Waals surface area contributed by atoms with Crippen molar-refractivity contribution in [2.75, 3.05) is 11.9 Å². The van der Waals surface area contributed by atoms with Gasteiger partial charge >= 0.3 is 5.97 Å². The molecule has 0 fully saturated rings. The highest BCUT2D eigenvalue weighted by Gasteiger charge is 2.15. The molecule has 1 amide bonds. The number of anilines is 1. The summed E-state index contributed by atoms with van der Waals surface area (Å²) in [6, 6.07) is 11.2. The summed E-state index contributed by atoms with van der Waals surface area (Å²) in [5, 5.41) is 3.46. The second-order valence-corrected chi connectivity index (χ2v) is 6.33. The Morgan fingerprint density at radius 3 is 2.52 bits per heavy atom. The van der Waals surface area contributed by atoms with Crippen LogP contribution in [0.2, 0.25) is 5.02 Å². The number of benzene rings is 2. The lowest BCUT2D eigenvalue weighted by atomic mass is 10.1. The van der Waals surface area contributed by atoms with E-state index in [0.29, 0.717) is 27.2 Å². The van der Waals surface area contributed by atoms with Crippen LogP contribution in [0.5, 0.6) is 0 Å². The number of fused-ring (bicyclic) bond motifs is 1. The van der Waals surface area contributed by atoms with Crippen molar-refractivity contribution in [2.24, 2.45) is 7.05 Å². The summed E-state index contributed by atoms with van der Waals surface area (Å²) in [6.45, 7) is 2.01. The average molecular weight is 385 g/mol. The average Bonchev–Trinajstić information content (AvgIpc) is 2.65. The zero-order valence-corrected chi connectivity index (χ0v) is 15.5. The first-order valence-corrected chi connectivity index (χ1v) is 8.66. The van der Waals surface area contributed by atoms with Gasteiger partial charge in [-0.15, -0.1) is 0 Å². The third-order valence-electron chi connectivity index (χ3n) is 4.05. The second kappa shape index (κ2) is 7.63. The predicted octanol–water partition coefficient (Wildman–Crippen LogP) is 3.62. The molecule has 3 aromatic rings. The van der Waals surface area contributed by atoms with Gasteiger partial charge in [-0.1, -0.05) is 11.6 Å². The van der Waals surface area contributed by atoms with Crippen molar-refractivity contribution in [2.45, 2.75) is 6.92 Å². The number of aromatic nitrogens is 1. The van der Waals surface area contributed by atoms with Crippen LogP contribution in [-0.2, 0) is 11.8 Å². The third-order valence-corrected chi connectivity index (χ3v) is 4.28. The zero-order chi connectivity index (χ0) is 19.6. The van der Waals surface area contributed by atoms with E-state index < -0.39 is 17.3 Å². The van der Waals surface area contributed by atoms with Crippen molar-refractivity contribution >= 4 is 40.1 Å². The van der Waals surface area contributed by atoms with Gasteiger partial charge in [0.2, 0.25) is 5.43 Å². The number of halogens is 1. The molecule has 27 heavy (non-hydrogen) atoms. The van der Waals surface area contributed by atoms with Crippen molar-refractivity contribution < 1.29 is 14.3 Å². The molecular formula is C20H17ClN2O4. The molecule has 0 radical (unpaired) electrons. The van der Waals surface area contributed by atoms with Crippen molar-refractivity contribution in [1.82, 2.24) is 4.57 Å². The molecule has 0 saturated heterocycles. The second-order valence-electron chi connectivity index (χ2n) is 5.90. The van der Waals surface area contributed by atoms with Gasteiger partial charge in [0.05, 0.1) is 17.7 Å². The lowest BCUT2D eigenvalue weighted by Gasteiger charge is -2.10. The molecule has 0 aliphatic rings. The SMILES string of the molecule is CCOC(=O)c1ccc(NC(=O)c2cn(C)c3ccc(Cl)cc3c2=O)cc1. The lowest BCUT2D eigenvalue weighted by Crippen LogP contribution is -2.23. The molecule has 3 rings (SSSR count). The number of nitrogens with one attached hydrogen (secondary N) is 1. The van der Waals surface area contributed by atoms with E-state index in [1.807, 2.05) is 0 Å². The Morgan fingerprint density at radius 1 is 1.15 bits per heavy atom. The highest BCUT2D eigenvalue weighted by Crippen LogP contribution is 2.18. The number of carbonyl (C=O) groups excluding carboxylic acids is 2. The van der Waals surface area contributed by atoms with Crippen molar-refractivity contribution in [1.29, 1.82) is 0 Å². The molecule has 0 spiro atoms. The van der Waals surface area contributed by atoms with Crippen LogP contribution in [0.4, 0.5) is 5.69 Å². The molecule has 138 valence electrons. The Kier molecular flexibility index (Phi) is 5.28. The number of carbonyl (C=O) groups is 2. The highest BCUT2D eigenvalue weighted by molar-refractivity contribution is 6.31. The molecule has 1 heterocycles. The van der Waals surface area contributed by atoms with Gasteiger partial charge in [-0.3, -0.25) is 9.59 Å². The standard InChI is InChI=1S/C20H17ClN2O4/c1-3-27-20(26)12-4-7-14(8-5-12)22-19(25)16-11-23(2)17-9-6-13(21)10-15(17)18(16)24/h4-11H,3H2,1-2H3,(H,22,25). The highest BCUT2D eigenvalue weighted by atomic mass is 35.5. The third kappa shape index (κ3) is 3.85. The molecule has 0 unspecified atom stereocenters. The van der Waals surface area contributed by atoms with E-state index in [-0.39, 0.29) is 12.2 Å². The van der Waals surface area contributed by atoms with Gasteiger partial charge in [0.15, 0.2) is 0 Å². The lowest BCUT2D eigenvalue weighted by molar-refractivity contribution is 0.0526. The van der Waals surface area contributed by atoms with Crippen LogP contribution in [0.15, 0.2) is 53.5 Å². The van der Waals surface area contributed by atoms with Crippen LogP contribution in [0, 0.1) is 0 Å². The molecular weight excluding hydrogens is 368 g/mol. The van der Waals surface area contributed by atoms with Crippen LogP contribution in [0.3, 0.4) is 0 Å². The molecule has 0 atom stereocenters. The van der Waals surface area contributed by atoms with E-state index in [1.54, 1.807) is 61.0 Å². The summed E-state index contributed by atoms with van der Waals surface area (Å²) in [5.74, 6) is -0.975. The Balaban J connectivity index is 1.89. The van der Waals surface area contributed by atoms with Gasteiger partial charge < -0.3 is 14.6 Å². The number of hydrogen-bond acceptors (Lipinski definition) is 4. The maximum atomic E-state index is 12.7. The van der Waals surface area contributed by atoms with Crippen molar-refractivity contribution in [3.05, 3.63) is 75.0 Å². The molecule has 0 aliphatic heterocycles. The molecule has 0 bridgehead atoms. The Morgan fingerprint density at radius 2 is 1.85 bits per heavy atom. The number of amides is 1.